The van der Waals surface area contributed by atoms with Crippen LogP contribution in [0.5, 0.6) is 0 Å². The standard InChI is InChI=1S/C18H20INS/c1-2-20-16(11-13-7-9-15(19)10-8-13)18-12-14-5-3-4-6-17(14)21-18/h3-10,16,18,20H,2,11-12H2,1H3. The minimum atomic E-state index is 0.535. The second-order valence-corrected chi connectivity index (χ2v) is 7.99. The van der Waals surface area contributed by atoms with E-state index in [1.165, 1.54) is 26.0 Å². The molecule has 0 aromatic heterocycles. The summed E-state index contributed by atoms with van der Waals surface area (Å²) in [6, 6.07) is 18.3. The SMILES string of the molecule is CCNC(Cc1ccc(I)cc1)C1Cc2ccccc2S1. The van der Waals surface area contributed by atoms with Gasteiger partial charge in [0.05, 0.1) is 0 Å². The van der Waals surface area contributed by atoms with Crippen molar-refractivity contribution in [1.29, 1.82) is 0 Å². The van der Waals surface area contributed by atoms with Gasteiger partial charge in [0.25, 0.3) is 0 Å². The van der Waals surface area contributed by atoms with Crippen molar-refractivity contribution >= 4 is 34.4 Å². The molecule has 2 atom stereocenters. The minimum absolute atomic E-state index is 0.535. The van der Waals surface area contributed by atoms with Crippen molar-refractivity contribution in [2.24, 2.45) is 0 Å². The molecule has 3 heteroatoms. The van der Waals surface area contributed by atoms with E-state index in [0.29, 0.717) is 11.3 Å². The third-order valence-corrected chi connectivity index (χ3v) is 6.13. The third kappa shape index (κ3) is 3.82. The summed E-state index contributed by atoms with van der Waals surface area (Å²) < 4.78 is 1.30. The first kappa shape index (κ1) is 15.4. The van der Waals surface area contributed by atoms with Crippen molar-refractivity contribution in [3.63, 3.8) is 0 Å². The molecule has 110 valence electrons. The van der Waals surface area contributed by atoms with E-state index in [1.54, 1.807) is 0 Å². The highest BCUT2D eigenvalue weighted by atomic mass is 127. The molecule has 0 radical (unpaired) electrons. The van der Waals surface area contributed by atoms with Crippen molar-refractivity contribution in [3.05, 3.63) is 63.2 Å². The minimum Gasteiger partial charge on any atom is -0.313 e. The van der Waals surface area contributed by atoms with Crippen molar-refractivity contribution < 1.29 is 0 Å². The van der Waals surface area contributed by atoms with Crippen LogP contribution in [0.3, 0.4) is 0 Å². The van der Waals surface area contributed by atoms with Gasteiger partial charge in [0.1, 0.15) is 0 Å². The monoisotopic (exact) mass is 409 g/mol. The summed E-state index contributed by atoms with van der Waals surface area (Å²) in [5.74, 6) is 0. The van der Waals surface area contributed by atoms with Crippen molar-refractivity contribution in [2.75, 3.05) is 6.54 Å². The van der Waals surface area contributed by atoms with Crippen LogP contribution >= 0.6 is 34.4 Å². The Labute approximate surface area is 145 Å². The molecule has 0 amide bonds. The van der Waals surface area contributed by atoms with E-state index in [2.05, 4.69) is 83.4 Å². The molecule has 0 fully saturated rings. The lowest BCUT2D eigenvalue weighted by Gasteiger charge is -2.24. The molecule has 1 heterocycles. The first-order valence-electron chi connectivity index (χ1n) is 7.48. The third-order valence-electron chi connectivity index (χ3n) is 3.96. The zero-order valence-corrected chi connectivity index (χ0v) is 15.2. The fraction of sp³-hybridized carbons (Fsp3) is 0.333. The number of likely N-dealkylation sites (N-methyl/N-ethyl adjacent to an activating group) is 1. The Bertz CT molecular complexity index is 571. The van der Waals surface area contributed by atoms with Gasteiger partial charge in [0.15, 0.2) is 0 Å². The predicted octanol–water partition coefficient (Wildman–Crippen LogP) is 4.53. The van der Waals surface area contributed by atoms with Gasteiger partial charge < -0.3 is 5.32 Å². The van der Waals surface area contributed by atoms with Gasteiger partial charge in [-0.05, 0) is 71.3 Å². The van der Waals surface area contributed by atoms with E-state index >= 15 is 0 Å². The number of halogens is 1. The molecule has 2 aromatic rings. The first-order valence-corrected chi connectivity index (χ1v) is 9.44. The van der Waals surface area contributed by atoms with E-state index in [4.69, 9.17) is 0 Å². The maximum absolute atomic E-state index is 3.70. The lowest BCUT2D eigenvalue weighted by molar-refractivity contribution is 0.506. The van der Waals surface area contributed by atoms with Crippen LogP contribution in [0.4, 0.5) is 0 Å². The molecule has 2 aromatic carbocycles. The molecule has 21 heavy (non-hydrogen) atoms. The topological polar surface area (TPSA) is 12.0 Å². The first-order chi connectivity index (χ1) is 10.3. The molecule has 2 unspecified atom stereocenters. The summed E-state index contributed by atoms with van der Waals surface area (Å²) in [5.41, 5.74) is 2.94. The van der Waals surface area contributed by atoms with Crippen LogP contribution in [0, 0.1) is 3.57 Å². The van der Waals surface area contributed by atoms with E-state index in [9.17, 15) is 0 Å². The van der Waals surface area contributed by atoms with Crippen molar-refractivity contribution in [2.45, 2.75) is 36.0 Å². The normalized spacial score (nSPS) is 18.5. The van der Waals surface area contributed by atoms with Crippen LogP contribution < -0.4 is 5.32 Å². The number of rotatable bonds is 5. The summed E-state index contributed by atoms with van der Waals surface area (Å²) in [7, 11) is 0. The summed E-state index contributed by atoms with van der Waals surface area (Å²) in [6.45, 7) is 3.23. The summed E-state index contributed by atoms with van der Waals surface area (Å²) >= 11 is 4.41. The van der Waals surface area contributed by atoms with Crippen LogP contribution in [0.1, 0.15) is 18.1 Å². The van der Waals surface area contributed by atoms with Gasteiger partial charge in [0, 0.05) is 19.8 Å². The van der Waals surface area contributed by atoms with Crippen LogP contribution in [-0.2, 0) is 12.8 Å². The lowest BCUT2D eigenvalue weighted by Crippen LogP contribution is -2.39. The number of fused-ring (bicyclic) bond motifs is 1. The summed E-state index contributed by atoms with van der Waals surface area (Å²) in [6.07, 6.45) is 2.29. The number of hydrogen-bond acceptors (Lipinski definition) is 2. The zero-order chi connectivity index (χ0) is 14.7. The fourth-order valence-corrected chi connectivity index (χ4v) is 4.67. The Kier molecular flexibility index (Phi) is 5.24. The number of hydrogen-bond donors (Lipinski definition) is 1. The average molecular weight is 409 g/mol. The molecule has 0 bridgehead atoms. The Balaban J connectivity index is 1.72. The molecule has 0 aliphatic carbocycles. The molecule has 0 saturated carbocycles. The maximum atomic E-state index is 3.70. The Morgan fingerprint density at radius 2 is 1.95 bits per heavy atom. The van der Waals surface area contributed by atoms with Crippen molar-refractivity contribution in [1.82, 2.24) is 5.32 Å². The van der Waals surface area contributed by atoms with E-state index < -0.39 is 0 Å². The van der Waals surface area contributed by atoms with Gasteiger partial charge in [-0.25, -0.2) is 0 Å². The Hall–Kier alpha value is -0.520. The molecule has 0 saturated heterocycles. The zero-order valence-electron chi connectivity index (χ0n) is 12.2. The molecular formula is C18H20INS. The van der Waals surface area contributed by atoms with Gasteiger partial charge in [-0.2, -0.15) is 0 Å². The molecule has 3 rings (SSSR count). The summed E-state index contributed by atoms with van der Waals surface area (Å²) in [4.78, 5) is 1.47. The number of benzene rings is 2. The van der Waals surface area contributed by atoms with E-state index in [-0.39, 0.29) is 0 Å². The predicted molar refractivity (Wildman–Crippen MR) is 100 cm³/mol. The summed E-state index contributed by atoms with van der Waals surface area (Å²) in [5, 5.41) is 4.34. The largest absolute Gasteiger partial charge is 0.313 e. The smallest absolute Gasteiger partial charge is 0.0292 e. The van der Waals surface area contributed by atoms with Crippen LogP contribution in [0.25, 0.3) is 0 Å². The molecule has 1 N–H and O–H groups in total. The number of nitrogens with one attached hydrogen (secondary N) is 1. The number of thioether (sulfide) groups is 1. The Morgan fingerprint density at radius 1 is 1.19 bits per heavy atom. The van der Waals surface area contributed by atoms with Gasteiger partial charge >= 0.3 is 0 Å². The maximum Gasteiger partial charge on any atom is 0.0292 e. The van der Waals surface area contributed by atoms with Crippen LogP contribution in [0.2, 0.25) is 0 Å². The lowest BCUT2D eigenvalue weighted by atomic mass is 9.99. The van der Waals surface area contributed by atoms with Crippen LogP contribution in [0.15, 0.2) is 53.4 Å². The van der Waals surface area contributed by atoms with Crippen molar-refractivity contribution in [3.8, 4) is 0 Å². The molecular weight excluding hydrogens is 389 g/mol. The molecule has 1 aliphatic rings. The van der Waals surface area contributed by atoms with E-state index in [0.717, 1.165) is 13.0 Å². The van der Waals surface area contributed by atoms with Gasteiger partial charge in [-0.15, -0.1) is 11.8 Å². The van der Waals surface area contributed by atoms with Gasteiger partial charge in [-0.3, -0.25) is 0 Å². The van der Waals surface area contributed by atoms with Gasteiger partial charge in [-0.1, -0.05) is 37.3 Å². The average Bonchev–Trinajstić information content (AvgIpc) is 2.93. The van der Waals surface area contributed by atoms with Crippen LogP contribution in [-0.4, -0.2) is 17.8 Å². The second kappa shape index (κ2) is 7.16. The molecule has 0 spiro atoms. The highest BCUT2D eigenvalue weighted by Crippen LogP contribution is 2.38. The van der Waals surface area contributed by atoms with Gasteiger partial charge in [0.2, 0.25) is 0 Å². The quantitative estimate of drug-likeness (QED) is 0.729. The fourth-order valence-electron chi connectivity index (χ4n) is 2.90. The van der Waals surface area contributed by atoms with E-state index in [1.807, 2.05) is 11.8 Å². The Morgan fingerprint density at radius 3 is 2.67 bits per heavy atom. The molecule has 1 nitrogen and oxygen atoms in total. The highest BCUT2D eigenvalue weighted by Gasteiger charge is 2.28. The second-order valence-electron chi connectivity index (χ2n) is 5.46. The highest BCUT2D eigenvalue weighted by molar-refractivity contribution is 14.1. The molecule has 1 aliphatic heterocycles.